The van der Waals surface area contributed by atoms with Crippen LogP contribution in [0.4, 0.5) is 0 Å². The molecule has 0 amide bonds. The highest BCUT2D eigenvalue weighted by Gasteiger charge is 1.86. The molecule has 1 heterocycles. The first-order valence-corrected chi connectivity index (χ1v) is 2.13. The Morgan fingerprint density at radius 3 is 3.38 bits per heavy atom. The molecule has 0 saturated heterocycles. The molecule has 0 spiro atoms. The van der Waals surface area contributed by atoms with Gasteiger partial charge in [-0.2, -0.15) is 0 Å². The molecule has 3 heteroatoms. The molecule has 0 aliphatic carbocycles. The van der Waals surface area contributed by atoms with Crippen LogP contribution in [0.2, 0.25) is 0 Å². The molecule has 0 aromatic carbocycles. The standard InChI is InChI=1S/C5H9N3/c6-2-1-5-3-7-4-8-5/h3-4H,1-2,6H2,(H,7,8)/i1D2,2D2. The van der Waals surface area contributed by atoms with Crippen LogP contribution in [0.15, 0.2) is 12.5 Å². The van der Waals surface area contributed by atoms with Crippen molar-refractivity contribution in [2.75, 3.05) is 6.50 Å². The molecule has 0 unspecified atom stereocenters. The molecule has 3 N–H and O–H groups in total. The van der Waals surface area contributed by atoms with Crippen LogP contribution in [-0.2, 0) is 6.37 Å². The number of nitrogens with one attached hydrogen (secondary N) is 1. The van der Waals surface area contributed by atoms with Crippen LogP contribution in [0.25, 0.3) is 0 Å². The summed E-state index contributed by atoms with van der Waals surface area (Å²) in [6.45, 7) is -2.42. The zero-order valence-electron chi connectivity index (χ0n) is 8.18. The molecule has 0 radical (unpaired) electrons. The molecule has 1 aromatic heterocycles. The van der Waals surface area contributed by atoms with Crippen LogP contribution in [0.3, 0.4) is 0 Å². The van der Waals surface area contributed by atoms with Crippen LogP contribution in [-0.4, -0.2) is 16.5 Å². The summed E-state index contributed by atoms with van der Waals surface area (Å²) in [5, 5.41) is 0. The van der Waals surface area contributed by atoms with Gasteiger partial charge in [0.25, 0.3) is 0 Å². The monoisotopic (exact) mass is 115 g/mol. The van der Waals surface area contributed by atoms with Gasteiger partial charge in [0.15, 0.2) is 0 Å². The number of hydrogen-bond acceptors (Lipinski definition) is 2. The number of rotatable bonds is 2. The molecule has 0 atom stereocenters. The number of nitrogens with zero attached hydrogens (tertiary/aromatic N) is 1. The van der Waals surface area contributed by atoms with E-state index in [9.17, 15) is 0 Å². The average Bonchev–Trinajstić information content (AvgIpc) is 2.34. The van der Waals surface area contributed by atoms with Gasteiger partial charge in [0.2, 0.25) is 0 Å². The second-order valence-electron chi connectivity index (χ2n) is 1.23. The lowest BCUT2D eigenvalue weighted by molar-refractivity contribution is 0.935. The van der Waals surface area contributed by atoms with E-state index in [2.05, 4.69) is 9.97 Å². The molecule has 1 aromatic rings. The van der Waals surface area contributed by atoms with E-state index < -0.39 is 12.9 Å². The number of hydrogen-bond donors (Lipinski definition) is 2. The Labute approximate surface area is 53.5 Å². The maximum Gasteiger partial charge on any atom is 0.0921 e. The number of aryl methyl sites for hydroxylation is 1. The van der Waals surface area contributed by atoms with E-state index in [0.29, 0.717) is 0 Å². The van der Waals surface area contributed by atoms with Gasteiger partial charge in [-0.1, -0.05) is 0 Å². The second-order valence-corrected chi connectivity index (χ2v) is 1.23. The SMILES string of the molecule is [2H]C([2H])(N)C([2H])([2H])c1cnc[nH]1. The predicted octanol–water partition coefficient (Wildman–Crippen LogP) is -0.0891. The van der Waals surface area contributed by atoms with Gasteiger partial charge in [-0.3, -0.25) is 0 Å². The summed E-state index contributed by atoms with van der Waals surface area (Å²) in [4.78, 5) is 6.06. The van der Waals surface area contributed by atoms with E-state index in [4.69, 9.17) is 11.2 Å². The highest BCUT2D eigenvalue weighted by atomic mass is 14.9. The highest BCUT2D eigenvalue weighted by Crippen LogP contribution is 1.88. The van der Waals surface area contributed by atoms with Crippen LogP contribution in [0.5, 0.6) is 0 Å². The van der Waals surface area contributed by atoms with E-state index in [-0.39, 0.29) is 5.69 Å². The van der Waals surface area contributed by atoms with Gasteiger partial charge in [-0.05, 0) is 6.50 Å². The molecule has 0 saturated carbocycles. The largest absolute Gasteiger partial charge is 0.348 e. The van der Waals surface area contributed by atoms with Crippen molar-refractivity contribution in [3.63, 3.8) is 0 Å². The van der Waals surface area contributed by atoms with Crippen LogP contribution in [0, 0.1) is 0 Å². The lowest BCUT2D eigenvalue weighted by Crippen LogP contribution is -2.02. The molecule has 0 bridgehead atoms. The van der Waals surface area contributed by atoms with Crippen molar-refractivity contribution in [1.82, 2.24) is 9.97 Å². The molecular formula is C5H9N3. The highest BCUT2D eigenvalue weighted by molar-refractivity contribution is 4.93. The van der Waals surface area contributed by atoms with Crippen molar-refractivity contribution >= 4 is 0 Å². The maximum absolute atomic E-state index is 7.33. The molecule has 44 valence electrons. The van der Waals surface area contributed by atoms with Crippen molar-refractivity contribution in [2.45, 2.75) is 6.37 Å². The third-order valence-corrected chi connectivity index (χ3v) is 0.705. The van der Waals surface area contributed by atoms with E-state index >= 15 is 0 Å². The van der Waals surface area contributed by atoms with Crippen molar-refractivity contribution in [3.05, 3.63) is 18.2 Å². The van der Waals surface area contributed by atoms with E-state index in [0.717, 1.165) is 0 Å². The van der Waals surface area contributed by atoms with Gasteiger partial charge in [0.1, 0.15) is 0 Å². The normalized spacial score (nSPS) is 20.6. The number of aromatic nitrogens is 2. The predicted molar refractivity (Wildman–Crippen MR) is 31.3 cm³/mol. The van der Waals surface area contributed by atoms with Crippen molar-refractivity contribution in [3.8, 4) is 0 Å². The molecule has 0 aliphatic heterocycles. The Kier molecular flexibility index (Phi) is 0.676. The lowest BCUT2D eigenvalue weighted by atomic mass is 10.3. The van der Waals surface area contributed by atoms with Gasteiger partial charge in [0, 0.05) is 23.7 Å². The summed E-state index contributed by atoms with van der Waals surface area (Å²) in [7, 11) is 0. The first-order valence-electron chi connectivity index (χ1n) is 4.13. The number of imidazole rings is 1. The zero-order chi connectivity index (χ0) is 9.41. The first kappa shape index (κ1) is 2.19. The minimum Gasteiger partial charge on any atom is -0.348 e. The van der Waals surface area contributed by atoms with Crippen LogP contribution in [0.1, 0.15) is 11.2 Å². The summed E-state index contributed by atoms with van der Waals surface area (Å²) in [6.07, 6.45) is 0.243. The Bertz CT molecular complexity index is 250. The quantitative estimate of drug-likeness (QED) is 0.566. The number of H-pyrrole nitrogens is 1. The smallest absolute Gasteiger partial charge is 0.0921 e. The zero-order valence-corrected chi connectivity index (χ0v) is 4.18. The summed E-state index contributed by atoms with van der Waals surface area (Å²) in [5.41, 5.74) is 5.05. The fourth-order valence-corrected chi connectivity index (χ4v) is 0.402. The van der Waals surface area contributed by atoms with E-state index in [1.165, 1.54) is 12.5 Å². The van der Waals surface area contributed by atoms with Gasteiger partial charge in [-0.15, -0.1) is 0 Å². The second kappa shape index (κ2) is 2.47. The molecule has 1 rings (SSSR count). The molecule has 0 fully saturated rings. The molecule has 0 aliphatic rings. The minimum atomic E-state index is -2.42. The molecular weight excluding hydrogens is 102 g/mol. The van der Waals surface area contributed by atoms with Crippen molar-refractivity contribution < 1.29 is 5.48 Å². The Morgan fingerprint density at radius 2 is 2.88 bits per heavy atom. The maximum atomic E-state index is 7.33. The fourth-order valence-electron chi connectivity index (χ4n) is 0.402. The molecule has 8 heavy (non-hydrogen) atoms. The Morgan fingerprint density at radius 1 is 2.00 bits per heavy atom. The van der Waals surface area contributed by atoms with Gasteiger partial charge in [-0.25, -0.2) is 4.98 Å². The lowest BCUT2D eigenvalue weighted by Gasteiger charge is -1.86. The first-order chi connectivity index (χ1) is 5.36. The Hall–Kier alpha value is -0.830. The number of aromatic amines is 1. The third kappa shape index (κ3) is 1.07. The van der Waals surface area contributed by atoms with Gasteiger partial charge >= 0.3 is 0 Å². The van der Waals surface area contributed by atoms with E-state index in [1.54, 1.807) is 0 Å². The van der Waals surface area contributed by atoms with Gasteiger partial charge < -0.3 is 10.7 Å². The third-order valence-electron chi connectivity index (χ3n) is 0.705. The van der Waals surface area contributed by atoms with Gasteiger partial charge in [0.05, 0.1) is 6.33 Å². The molecule has 3 nitrogen and oxygen atoms in total. The summed E-state index contributed by atoms with van der Waals surface area (Å²) in [6, 6.07) is 0. The van der Waals surface area contributed by atoms with Crippen LogP contribution < -0.4 is 5.73 Å². The topological polar surface area (TPSA) is 54.7 Å². The van der Waals surface area contributed by atoms with Crippen molar-refractivity contribution in [2.24, 2.45) is 5.73 Å². The van der Waals surface area contributed by atoms with Crippen LogP contribution >= 0.6 is 0 Å². The average molecular weight is 115 g/mol. The fraction of sp³-hybridized carbons (Fsp3) is 0.400. The summed E-state index contributed by atoms with van der Waals surface area (Å²) >= 11 is 0. The summed E-state index contributed by atoms with van der Waals surface area (Å²) in [5.74, 6) is 0. The Balaban J connectivity index is 3.02. The van der Waals surface area contributed by atoms with Crippen molar-refractivity contribution in [1.29, 1.82) is 0 Å². The minimum absolute atomic E-state index is 0.0370. The number of nitrogens with two attached hydrogens (primary N) is 1. The summed E-state index contributed by atoms with van der Waals surface area (Å²) < 4.78 is 28.7. The van der Waals surface area contributed by atoms with E-state index in [1.807, 2.05) is 0 Å².